The van der Waals surface area contributed by atoms with Gasteiger partial charge in [-0.2, -0.15) is 5.10 Å². The second-order valence-electron chi connectivity index (χ2n) is 10.4. The van der Waals surface area contributed by atoms with Crippen LogP contribution < -0.4 is 5.56 Å². The first-order valence-electron chi connectivity index (χ1n) is 13.7. The molecule has 3 aromatic heterocycles. The lowest BCUT2D eigenvalue weighted by Crippen LogP contribution is -2.37. The van der Waals surface area contributed by atoms with Crippen molar-refractivity contribution >= 4 is 10.9 Å². The smallest absolute Gasteiger partial charge is 0.258 e. The number of aromatic amines is 1. The Kier molecular flexibility index (Phi) is 7.57. The van der Waals surface area contributed by atoms with Crippen molar-refractivity contribution in [3.63, 3.8) is 0 Å². The molecule has 0 spiro atoms. The van der Waals surface area contributed by atoms with Crippen molar-refractivity contribution in [2.45, 2.75) is 31.6 Å². The number of ether oxygens (including phenoxy) is 1. The number of likely N-dealkylation sites (tertiary alicyclic amines) is 1. The first-order chi connectivity index (χ1) is 18.7. The van der Waals surface area contributed by atoms with Gasteiger partial charge in [0.2, 0.25) is 0 Å². The Hall–Kier alpha value is -3.40. The van der Waals surface area contributed by atoms with Gasteiger partial charge in [0, 0.05) is 38.6 Å². The summed E-state index contributed by atoms with van der Waals surface area (Å²) in [7, 11) is 0. The highest BCUT2D eigenvalue weighted by Gasteiger charge is 2.21. The minimum Gasteiger partial charge on any atom is -0.379 e. The minimum atomic E-state index is -0.172. The van der Waals surface area contributed by atoms with E-state index in [2.05, 4.69) is 54.1 Å². The van der Waals surface area contributed by atoms with E-state index in [1.807, 2.05) is 12.4 Å². The number of morpholine rings is 1. The molecule has 4 aromatic rings. The van der Waals surface area contributed by atoms with Gasteiger partial charge in [-0.3, -0.25) is 9.69 Å². The van der Waals surface area contributed by atoms with Crippen LogP contribution in [0.4, 0.5) is 0 Å². The quantitative estimate of drug-likeness (QED) is 0.387. The molecule has 9 heteroatoms. The summed E-state index contributed by atoms with van der Waals surface area (Å²) in [5, 5.41) is 5.02. The van der Waals surface area contributed by atoms with Gasteiger partial charge in [-0.15, -0.1) is 0 Å². The Bertz CT molecular complexity index is 1400. The fourth-order valence-corrected chi connectivity index (χ4v) is 5.60. The molecule has 2 fully saturated rings. The SMILES string of the molecule is O=c1[nH]cnc2c(-n3cc(CCN4CCC(c5ccc(CCN6CCOCC6)cc5)CC4)cn3)nccc12. The van der Waals surface area contributed by atoms with Crippen LogP contribution >= 0.6 is 0 Å². The monoisotopic (exact) mass is 513 g/mol. The van der Waals surface area contributed by atoms with Crippen molar-refractivity contribution < 1.29 is 4.74 Å². The average molecular weight is 514 g/mol. The van der Waals surface area contributed by atoms with Gasteiger partial charge in [0.15, 0.2) is 5.82 Å². The lowest BCUT2D eigenvalue weighted by Gasteiger charge is -2.32. The van der Waals surface area contributed by atoms with E-state index in [1.54, 1.807) is 16.9 Å². The molecule has 38 heavy (non-hydrogen) atoms. The highest BCUT2D eigenvalue weighted by Crippen LogP contribution is 2.28. The predicted octanol–water partition coefficient (Wildman–Crippen LogP) is 2.80. The normalized spacial score (nSPS) is 17.8. The van der Waals surface area contributed by atoms with Gasteiger partial charge >= 0.3 is 0 Å². The van der Waals surface area contributed by atoms with E-state index >= 15 is 0 Å². The van der Waals surface area contributed by atoms with Crippen LogP contribution in [0.25, 0.3) is 16.7 Å². The van der Waals surface area contributed by atoms with Crippen LogP contribution in [0.15, 0.2) is 60.0 Å². The second-order valence-corrected chi connectivity index (χ2v) is 10.4. The Morgan fingerprint density at radius 1 is 0.895 bits per heavy atom. The maximum atomic E-state index is 12.1. The molecule has 198 valence electrons. The molecule has 0 radical (unpaired) electrons. The molecule has 2 aliphatic rings. The molecule has 0 bridgehead atoms. The molecule has 0 amide bonds. The number of fused-ring (bicyclic) bond motifs is 1. The summed E-state index contributed by atoms with van der Waals surface area (Å²) in [6.45, 7) is 8.22. The highest BCUT2D eigenvalue weighted by atomic mass is 16.5. The standard InChI is InChI=1S/C29H35N7O2/c37-29-26-5-10-30-28(27(26)31-21-32-29)36-20-23(19-33-36)7-12-34-13-8-25(9-14-34)24-3-1-22(2-4-24)6-11-35-15-17-38-18-16-35/h1-5,10,19-21,25H,6-9,11-18H2,(H,31,32,37). The van der Waals surface area contributed by atoms with Gasteiger partial charge in [0.1, 0.15) is 5.52 Å². The number of H-pyrrole nitrogens is 1. The first kappa shape index (κ1) is 24.9. The van der Waals surface area contributed by atoms with Crippen LogP contribution in [0.5, 0.6) is 0 Å². The second kappa shape index (κ2) is 11.6. The molecule has 2 saturated heterocycles. The van der Waals surface area contributed by atoms with E-state index in [-0.39, 0.29) is 5.56 Å². The fourth-order valence-electron chi connectivity index (χ4n) is 5.60. The molecule has 1 aromatic carbocycles. The highest BCUT2D eigenvalue weighted by molar-refractivity contribution is 5.83. The van der Waals surface area contributed by atoms with Crippen molar-refractivity contribution in [1.82, 2.24) is 34.5 Å². The molecule has 0 aliphatic carbocycles. The van der Waals surface area contributed by atoms with Crippen LogP contribution in [-0.2, 0) is 17.6 Å². The topological polar surface area (TPSA) is 92.2 Å². The third-order valence-electron chi connectivity index (χ3n) is 7.97. The van der Waals surface area contributed by atoms with E-state index in [0.717, 1.165) is 70.9 Å². The van der Waals surface area contributed by atoms with Crippen LogP contribution in [0, 0.1) is 0 Å². The molecular weight excluding hydrogens is 478 g/mol. The van der Waals surface area contributed by atoms with Crippen molar-refractivity contribution in [1.29, 1.82) is 0 Å². The number of nitrogens with one attached hydrogen (secondary N) is 1. The lowest BCUT2D eigenvalue weighted by molar-refractivity contribution is 0.0384. The number of hydrogen-bond acceptors (Lipinski definition) is 7. The zero-order valence-corrected chi connectivity index (χ0v) is 21.8. The number of hydrogen-bond donors (Lipinski definition) is 1. The van der Waals surface area contributed by atoms with E-state index < -0.39 is 0 Å². The predicted molar refractivity (Wildman–Crippen MR) is 147 cm³/mol. The van der Waals surface area contributed by atoms with E-state index in [1.165, 1.54) is 30.3 Å². The molecule has 5 heterocycles. The van der Waals surface area contributed by atoms with Crippen molar-refractivity contribution in [3.05, 3.63) is 82.3 Å². The third kappa shape index (κ3) is 5.70. The molecule has 1 N–H and O–H groups in total. The van der Waals surface area contributed by atoms with Gasteiger partial charge in [0.05, 0.1) is 31.1 Å². The van der Waals surface area contributed by atoms with Gasteiger partial charge in [-0.05, 0) is 67.4 Å². The number of benzene rings is 1. The third-order valence-corrected chi connectivity index (χ3v) is 7.97. The largest absolute Gasteiger partial charge is 0.379 e. The minimum absolute atomic E-state index is 0.172. The Balaban J connectivity index is 0.986. The molecule has 2 aliphatic heterocycles. The summed E-state index contributed by atoms with van der Waals surface area (Å²) < 4.78 is 7.17. The first-order valence-corrected chi connectivity index (χ1v) is 13.7. The van der Waals surface area contributed by atoms with Gasteiger partial charge in [-0.25, -0.2) is 14.6 Å². The van der Waals surface area contributed by atoms with Crippen molar-refractivity contribution in [2.75, 3.05) is 52.5 Å². The summed E-state index contributed by atoms with van der Waals surface area (Å²) in [6, 6.07) is 11.0. The van der Waals surface area contributed by atoms with Crippen LogP contribution in [0.1, 0.15) is 35.4 Å². The molecule has 0 atom stereocenters. The van der Waals surface area contributed by atoms with Crippen LogP contribution in [0.2, 0.25) is 0 Å². The summed E-state index contributed by atoms with van der Waals surface area (Å²) in [6.07, 6.45) is 11.4. The summed E-state index contributed by atoms with van der Waals surface area (Å²) in [5.74, 6) is 1.23. The summed E-state index contributed by atoms with van der Waals surface area (Å²) in [4.78, 5) is 28.5. The zero-order chi connectivity index (χ0) is 25.7. The van der Waals surface area contributed by atoms with E-state index in [4.69, 9.17) is 4.74 Å². The van der Waals surface area contributed by atoms with Gasteiger partial charge < -0.3 is 14.6 Å². The van der Waals surface area contributed by atoms with Crippen LogP contribution in [-0.4, -0.2) is 87.0 Å². The number of rotatable bonds is 8. The lowest BCUT2D eigenvalue weighted by atomic mass is 9.88. The van der Waals surface area contributed by atoms with Crippen molar-refractivity contribution in [2.24, 2.45) is 0 Å². The van der Waals surface area contributed by atoms with Crippen molar-refractivity contribution in [3.8, 4) is 5.82 Å². The Morgan fingerprint density at radius 2 is 1.63 bits per heavy atom. The number of pyridine rings is 1. The average Bonchev–Trinajstić information content (AvgIpc) is 3.45. The number of piperidine rings is 1. The molecular formula is C29H35N7O2. The molecule has 6 rings (SSSR count). The maximum Gasteiger partial charge on any atom is 0.258 e. The zero-order valence-electron chi connectivity index (χ0n) is 21.8. The number of aromatic nitrogens is 5. The maximum absolute atomic E-state index is 12.1. The van der Waals surface area contributed by atoms with E-state index in [9.17, 15) is 4.79 Å². The molecule has 9 nitrogen and oxygen atoms in total. The molecule has 0 saturated carbocycles. The Labute approximate surface area is 222 Å². The Morgan fingerprint density at radius 3 is 2.42 bits per heavy atom. The summed E-state index contributed by atoms with van der Waals surface area (Å²) >= 11 is 0. The number of nitrogens with zero attached hydrogens (tertiary/aromatic N) is 6. The molecule has 0 unspecified atom stereocenters. The van der Waals surface area contributed by atoms with E-state index in [0.29, 0.717) is 22.6 Å². The van der Waals surface area contributed by atoms with Gasteiger partial charge in [-0.1, -0.05) is 24.3 Å². The fraction of sp³-hybridized carbons (Fsp3) is 0.448. The van der Waals surface area contributed by atoms with Crippen LogP contribution in [0.3, 0.4) is 0 Å². The van der Waals surface area contributed by atoms with Gasteiger partial charge in [0.25, 0.3) is 5.56 Å². The summed E-state index contributed by atoms with van der Waals surface area (Å²) in [5.41, 5.74) is 4.45.